The summed E-state index contributed by atoms with van der Waals surface area (Å²) in [5.41, 5.74) is 0.982. The zero-order valence-corrected chi connectivity index (χ0v) is 13.7. The Kier molecular flexibility index (Phi) is 7.25. The molecule has 0 saturated carbocycles. The first-order valence-electron chi connectivity index (χ1n) is 7.67. The number of carboxylic acid groups (broad SMARTS) is 1. The van der Waals surface area contributed by atoms with Gasteiger partial charge in [-0.3, -0.25) is 9.59 Å². The number of carboxylic acids is 1. The van der Waals surface area contributed by atoms with Gasteiger partial charge in [0.25, 0.3) is 0 Å². The van der Waals surface area contributed by atoms with E-state index in [9.17, 15) is 14.4 Å². The summed E-state index contributed by atoms with van der Waals surface area (Å²) in [5, 5.41) is 14.3. The Morgan fingerprint density at radius 2 is 1.48 bits per heavy atom. The lowest BCUT2D eigenvalue weighted by Crippen LogP contribution is -2.44. The van der Waals surface area contributed by atoms with Crippen molar-refractivity contribution in [2.75, 3.05) is 0 Å². The summed E-state index contributed by atoms with van der Waals surface area (Å²) in [6.07, 6.45) is -0.0166. The molecule has 0 radical (unpaired) electrons. The van der Waals surface area contributed by atoms with Crippen molar-refractivity contribution >= 4 is 17.8 Å². The van der Waals surface area contributed by atoms with Gasteiger partial charge in [0, 0.05) is 12.8 Å². The number of amides is 2. The molecular weight excluding hydrogens is 296 g/mol. The van der Waals surface area contributed by atoms with Crippen LogP contribution in [0.4, 0.5) is 0 Å². The number of hydrogen-bond acceptors (Lipinski definition) is 3. The van der Waals surface area contributed by atoms with Crippen molar-refractivity contribution in [1.29, 1.82) is 0 Å². The highest BCUT2D eigenvalue weighted by atomic mass is 16.4. The molecule has 0 aliphatic carbocycles. The summed E-state index contributed by atoms with van der Waals surface area (Å²) >= 11 is 0. The maximum Gasteiger partial charge on any atom is 0.326 e. The van der Waals surface area contributed by atoms with E-state index in [4.69, 9.17) is 5.11 Å². The molecule has 1 aromatic carbocycles. The number of hydrogen-bond donors (Lipinski definition) is 3. The van der Waals surface area contributed by atoms with Crippen LogP contribution in [0.3, 0.4) is 0 Å². The van der Waals surface area contributed by atoms with Crippen LogP contribution in [-0.4, -0.2) is 28.9 Å². The highest BCUT2D eigenvalue weighted by molar-refractivity contribution is 5.87. The minimum atomic E-state index is -1.07. The van der Waals surface area contributed by atoms with E-state index in [1.165, 1.54) is 0 Å². The smallest absolute Gasteiger partial charge is 0.326 e. The third-order valence-electron chi connectivity index (χ3n) is 3.51. The van der Waals surface area contributed by atoms with Crippen LogP contribution in [0.25, 0.3) is 0 Å². The molecule has 0 saturated heterocycles. The SMILES string of the molecule is CC(NC(=O)CCC(=O)NC(C(=O)O)C(C)C)c1ccccc1. The molecule has 0 fully saturated rings. The van der Waals surface area contributed by atoms with Crippen molar-refractivity contribution < 1.29 is 19.5 Å². The summed E-state index contributed by atoms with van der Waals surface area (Å²) in [6.45, 7) is 5.30. The van der Waals surface area contributed by atoms with Crippen LogP contribution in [-0.2, 0) is 14.4 Å². The van der Waals surface area contributed by atoms with Gasteiger partial charge in [0.1, 0.15) is 6.04 Å². The van der Waals surface area contributed by atoms with E-state index in [-0.39, 0.29) is 30.7 Å². The second kappa shape index (κ2) is 8.92. The fourth-order valence-electron chi connectivity index (χ4n) is 2.12. The zero-order valence-electron chi connectivity index (χ0n) is 13.7. The topological polar surface area (TPSA) is 95.5 Å². The van der Waals surface area contributed by atoms with Gasteiger partial charge in [-0.1, -0.05) is 44.2 Å². The quantitative estimate of drug-likeness (QED) is 0.681. The predicted octanol–water partition coefficient (Wildman–Crippen LogP) is 1.87. The van der Waals surface area contributed by atoms with E-state index in [2.05, 4.69) is 10.6 Å². The molecule has 1 rings (SSSR count). The van der Waals surface area contributed by atoms with Crippen LogP contribution in [0.1, 0.15) is 45.2 Å². The molecule has 0 spiro atoms. The Hall–Kier alpha value is -2.37. The van der Waals surface area contributed by atoms with E-state index in [0.717, 1.165) is 5.56 Å². The molecule has 23 heavy (non-hydrogen) atoms. The number of benzene rings is 1. The van der Waals surface area contributed by atoms with Crippen molar-refractivity contribution in [1.82, 2.24) is 10.6 Å². The van der Waals surface area contributed by atoms with Crippen molar-refractivity contribution in [3.63, 3.8) is 0 Å². The third-order valence-corrected chi connectivity index (χ3v) is 3.51. The summed E-state index contributed by atoms with van der Waals surface area (Å²) in [6, 6.07) is 8.43. The van der Waals surface area contributed by atoms with Crippen LogP contribution in [0.2, 0.25) is 0 Å². The lowest BCUT2D eigenvalue weighted by molar-refractivity contribution is -0.143. The Morgan fingerprint density at radius 3 is 1.96 bits per heavy atom. The standard InChI is InChI=1S/C17H24N2O4/c1-11(2)16(17(22)23)19-15(21)10-9-14(20)18-12(3)13-7-5-4-6-8-13/h4-8,11-12,16H,9-10H2,1-3H3,(H,18,20)(H,19,21)(H,22,23). The average Bonchev–Trinajstić information content (AvgIpc) is 2.50. The summed E-state index contributed by atoms with van der Waals surface area (Å²) < 4.78 is 0. The van der Waals surface area contributed by atoms with Crippen molar-refractivity contribution in [2.24, 2.45) is 5.92 Å². The minimum absolute atomic E-state index is 0.0213. The summed E-state index contributed by atoms with van der Waals surface area (Å²) in [4.78, 5) is 34.7. The number of aliphatic carboxylic acids is 1. The Bertz CT molecular complexity index is 543. The first-order chi connectivity index (χ1) is 10.8. The molecule has 6 nitrogen and oxygen atoms in total. The maximum atomic E-state index is 11.9. The van der Waals surface area contributed by atoms with E-state index in [1.54, 1.807) is 13.8 Å². The van der Waals surface area contributed by atoms with Crippen LogP contribution >= 0.6 is 0 Å². The van der Waals surface area contributed by atoms with Gasteiger partial charge in [-0.2, -0.15) is 0 Å². The van der Waals surface area contributed by atoms with Gasteiger partial charge >= 0.3 is 5.97 Å². The first-order valence-corrected chi connectivity index (χ1v) is 7.67. The van der Waals surface area contributed by atoms with E-state index in [1.807, 2.05) is 37.3 Å². The van der Waals surface area contributed by atoms with E-state index in [0.29, 0.717) is 0 Å². The van der Waals surface area contributed by atoms with Gasteiger partial charge in [-0.05, 0) is 18.4 Å². The predicted molar refractivity (Wildman–Crippen MR) is 86.6 cm³/mol. The molecule has 0 heterocycles. The van der Waals surface area contributed by atoms with Crippen LogP contribution in [0, 0.1) is 5.92 Å². The van der Waals surface area contributed by atoms with Gasteiger partial charge in [-0.25, -0.2) is 4.79 Å². The minimum Gasteiger partial charge on any atom is -0.480 e. The highest BCUT2D eigenvalue weighted by Crippen LogP contribution is 2.11. The Morgan fingerprint density at radius 1 is 0.957 bits per heavy atom. The maximum absolute atomic E-state index is 11.9. The fraction of sp³-hybridized carbons (Fsp3) is 0.471. The molecule has 3 N–H and O–H groups in total. The van der Waals surface area contributed by atoms with Crippen molar-refractivity contribution in [2.45, 2.75) is 45.7 Å². The first kappa shape index (κ1) is 18.7. The lowest BCUT2D eigenvalue weighted by atomic mass is 10.0. The number of nitrogens with one attached hydrogen (secondary N) is 2. The van der Waals surface area contributed by atoms with Crippen molar-refractivity contribution in [3.05, 3.63) is 35.9 Å². The van der Waals surface area contributed by atoms with Gasteiger partial charge in [0.2, 0.25) is 11.8 Å². The lowest BCUT2D eigenvalue weighted by Gasteiger charge is -2.18. The fourth-order valence-corrected chi connectivity index (χ4v) is 2.12. The normalized spacial score (nSPS) is 13.2. The van der Waals surface area contributed by atoms with Gasteiger partial charge < -0.3 is 15.7 Å². The number of carbonyl (C=O) groups is 3. The van der Waals surface area contributed by atoms with Gasteiger partial charge in [0.05, 0.1) is 6.04 Å². The van der Waals surface area contributed by atoms with E-state index >= 15 is 0 Å². The third kappa shape index (κ3) is 6.50. The van der Waals surface area contributed by atoms with Crippen LogP contribution < -0.4 is 10.6 Å². The molecule has 0 aliphatic heterocycles. The van der Waals surface area contributed by atoms with Crippen LogP contribution in [0.5, 0.6) is 0 Å². The van der Waals surface area contributed by atoms with Gasteiger partial charge in [-0.15, -0.1) is 0 Å². The molecule has 2 atom stereocenters. The number of carbonyl (C=O) groups excluding carboxylic acids is 2. The second-order valence-electron chi connectivity index (χ2n) is 5.83. The highest BCUT2D eigenvalue weighted by Gasteiger charge is 2.23. The van der Waals surface area contributed by atoms with Crippen LogP contribution in [0.15, 0.2) is 30.3 Å². The molecule has 2 unspecified atom stereocenters. The van der Waals surface area contributed by atoms with Crippen molar-refractivity contribution in [3.8, 4) is 0 Å². The zero-order chi connectivity index (χ0) is 17.4. The average molecular weight is 320 g/mol. The molecule has 1 aromatic rings. The molecule has 126 valence electrons. The Labute approximate surface area is 136 Å². The Balaban J connectivity index is 2.41. The molecule has 2 amide bonds. The molecule has 6 heteroatoms. The number of rotatable bonds is 8. The summed E-state index contributed by atoms with van der Waals surface area (Å²) in [5.74, 6) is -1.97. The second-order valence-corrected chi connectivity index (χ2v) is 5.83. The molecule has 0 bridgehead atoms. The molecule has 0 aromatic heterocycles. The summed E-state index contributed by atoms with van der Waals surface area (Å²) in [7, 11) is 0. The molecule has 0 aliphatic rings. The van der Waals surface area contributed by atoms with E-state index < -0.39 is 17.9 Å². The largest absolute Gasteiger partial charge is 0.480 e. The monoisotopic (exact) mass is 320 g/mol. The molecular formula is C17H24N2O4. The van der Waals surface area contributed by atoms with Gasteiger partial charge in [0.15, 0.2) is 0 Å².